The molecule has 0 aliphatic carbocycles. The number of carbonyl (C=O) groups is 2. The molecule has 1 fully saturated rings. The Morgan fingerprint density at radius 1 is 1.27 bits per heavy atom. The number of nitrogens with zero attached hydrogens (tertiary/aromatic N) is 2. The Morgan fingerprint density at radius 3 is 2.69 bits per heavy atom. The summed E-state index contributed by atoms with van der Waals surface area (Å²) in [6.45, 7) is 1.46. The third kappa shape index (κ3) is 4.32. The third-order valence-electron chi connectivity index (χ3n) is 4.77. The van der Waals surface area contributed by atoms with Gasteiger partial charge in [-0.1, -0.05) is 30.3 Å². The van der Waals surface area contributed by atoms with Crippen LogP contribution in [0.5, 0.6) is 0 Å². The first-order chi connectivity index (χ1) is 12.5. The van der Waals surface area contributed by atoms with Crippen molar-refractivity contribution in [1.82, 2.24) is 15.1 Å². The van der Waals surface area contributed by atoms with Crippen LogP contribution in [0.2, 0.25) is 0 Å². The van der Waals surface area contributed by atoms with E-state index in [2.05, 4.69) is 5.32 Å². The van der Waals surface area contributed by atoms with Gasteiger partial charge in [0.25, 0.3) is 0 Å². The zero-order chi connectivity index (χ0) is 18.5. The van der Waals surface area contributed by atoms with Crippen molar-refractivity contribution in [3.63, 3.8) is 0 Å². The second-order valence-corrected chi connectivity index (χ2v) is 6.90. The monoisotopic (exact) mass is 355 g/mol. The van der Waals surface area contributed by atoms with Crippen LogP contribution in [0.25, 0.3) is 0 Å². The Balaban J connectivity index is 1.54. The fourth-order valence-corrected chi connectivity index (χ4v) is 3.26. The number of hydrogen-bond donors (Lipinski definition) is 1. The third-order valence-corrected chi connectivity index (χ3v) is 4.77. The number of furan rings is 1. The average Bonchev–Trinajstić information content (AvgIpc) is 3.26. The molecule has 1 aliphatic rings. The number of likely N-dealkylation sites (N-methyl/N-ethyl adjacent to an activating group) is 1. The maximum atomic E-state index is 12.5. The molecule has 2 heterocycles. The first-order valence-corrected chi connectivity index (χ1v) is 8.84. The molecule has 0 bridgehead atoms. The van der Waals surface area contributed by atoms with Crippen LogP contribution < -0.4 is 5.32 Å². The van der Waals surface area contributed by atoms with E-state index in [1.807, 2.05) is 61.5 Å². The molecular weight excluding hydrogens is 330 g/mol. The Bertz CT molecular complexity index is 728. The van der Waals surface area contributed by atoms with Gasteiger partial charge in [-0.05, 0) is 31.8 Å². The highest BCUT2D eigenvalue weighted by molar-refractivity contribution is 5.89. The summed E-state index contributed by atoms with van der Waals surface area (Å²) in [4.78, 5) is 28.6. The van der Waals surface area contributed by atoms with E-state index in [0.717, 1.165) is 11.3 Å². The van der Waals surface area contributed by atoms with Gasteiger partial charge in [0.05, 0.1) is 18.2 Å². The molecule has 1 aliphatic heterocycles. The lowest BCUT2D eigenvalue weighted by Gasteiger charge is -2.23. The lowest BCUT2D eigenvalue weighted by molar-refractivity contribution is -0.129. The van der Waals surface area contributed by atoms with E-state index in [1.165, 1.54) is 0 Å². The van der Waals surface area contributed by atoms with E-state index in [9.17, 15) is 9.59 Å². The van der Waals surface area contributed by atoms with Crippen molar-refractivity contribution in [3.05, 3.63) is 60.1 Å². The van der Waals surface area contributed by atoms with Gasteiger partial charge >= 0.3 is 0 Å². The van der Waals surface area contributed by atoms with Crippen LogP contribution in [-0.4, -0.2) is 48.8 Å². The topological polar surface area (TPSA) is 65.8 Å². The van der Waals surface area contributed by atoms with Crippen LogP contribution in [-0.2, 0) is 16.1 Å². The highest BCUT2D eigenvalue weighted by atomic mass is 16.3. The summed E-state index contributed by atoms with van der Waals surface area (Å²) in [5.74, 6) is 0.464. The molecule has 1 saturated heterocycles. The smallest absolute Gasteiger partial charge is 0.225 e. The lowest BCUT2D eigenvalue weighted by atomic mass is 10.1. The maximum absolute atomic E-state index is 12.5. The number of likely N-dealkylation sites (tertiary alicyclic amines) is 1. The summed E-state index contributed by atoms with van der Waals surface area (Å²) in [5, 5.41) is 2.98. The molecular formula is C20H25N3O3. The van der Waals surface area contributed by atoms with Gasteiger partial charge in [-0.15, -0.1) is 0 Å². The van der Waals surface area contributed by atoms with Crippen molar-refractivity contribution in [2.45, 2.75) is 19.0 Å². The normalized spacial score (nSPS) is 18.3. The molecule has 1 aromatic carbocycles. The Kier molecular flexibility index (Phi) is 5.73. The number of amides is 2. The lowest BCUT2D eigenvalue weighted by Crippen LogP contribution is -2.38. The van der Waals surface area contributed by atoms with Crippen LogP contribution in [0.1, 0.15) is 23.8 Å². The van der Waals surface area contributed by atoms with Gasteiger partial charge in [0.2, 0.25) is 11.8 Å². The van der Waals surface area contributed by atoms with Crippen molar-refractivity contribution >= 4 is 11.8 Å². The summed E-state index contributed by atoms with van der Waals surface area (Å²) in [7, 11) is 3.89. The first-order valence-electron chi connectivity index (χ1n) is 8.84. The molecule has 2 atom stereocenters. The van der Waals surface area contributed by atoms with E-state index in [4.69, 9.17) is 4.42 Å². The quantitative estimate of drug-likeness (QED) is 0.825. The van der Waals surface area contributed by atoms with Crippen LogP contribution in [0, 0.1) is 5.92 Å². The largest absolute Gasteiger partial charge is 0.468 e. The van der Waals surface area contributed by atoms with Gasteiger partial charge in [0.1, 0.15) is 5.76 Å². The van der Waals surface area contributed by atoms with Crippen molar-refractivity contribution in [2.24, 2.45) is 5.92 Å². The summed E-state index contributed by atoms with van der Waals surface area (Å²) in [6.07, 6.45) is 1.90. The van der Waals surface area contributed by atoms with Crippen LogP contribution >= 0.6 is 0 Å². The molecule has 0 spiro atoms. The van der Waals surface area contributed by atoms with Gasteiger partial charge in [-0.3, -0.25) is 14.5 Å². The predicted molar refractivity (Wildman–Crippen MR) is 98.1 cm³/mol. The fourth-order valence-electron chi connectivity index (χ4n) is 3.26. The number of carbonyl (C=O) groups excluding carboxylic acids is 2. The minimum absolute atomic E-state index is 0.0317. The van der Waals surface area contributed by atoms with Gasteiger partial charge < -0.3 is 14.6 Å². The molecule has 1 aromatic heterocycles. The van der Waals surface area contributed by atoms with Crippen molar-refractivity contribution in [1.29, 1.82) is 0 Å². The zero-order valence-corrected chi connectivity index (χ0v) is 15.2. The fraction of sp³-hybridized carbons (Fsp3) is 0.400. The maximum Gasteiger partial charge on any atom is 0.225 e. The molecule has 6 heteroatoms. The predicted octanol–water partition coefficient (Wildman–Crippen LogP) is 2.05. The Morgan fingerprint density at radius 2 is 2.04 bits per heavy atom. The second-order valence-electron chi connectivity index (χ2n) is 6.90. The Labute approximate surface area is 153 Å². The van der Waals surface area contributed by atoms with E-state index >= 15 is 0 Å². The Hall–Kier alpha value is -2.60. The molecule has 1 N–H and O–H groups in total. The van der Waals surface area contributed by atoms with Crippen molar-refractivity contribution in [2.75, 3.05) is 27.2 Å². The number of nitrogens with one attached hydrogen (secondary N) is 1. The number of rotatable bonds is 7. The van der Waals surface area contributed by atoms with E-state index in [0.29, 0.717) is 19.6 Å². The molecule has 0 radical (unpaired) electrons. The highest BCUT2D eigenvalue weighted by Gasteiger charge is 2.34. The molecule has 26 heavy (non-hydrogen) atoms. The molecule has 0 saturated carbocycles. The summed E-state index contributed by atoms with van der Waals surface area (Å²) >= 11 is 0. The van der Waals surface area contributed by atoms with Crippen molar-refractivity contribution < 1.29 is 14.0 Å². The molecule has 3 rings (SSSR count). The van der Waals surface area contributed by atoms with Crippen LogP contribution in [0.3, 0.4) is 0 Å². The first kappa shape index (κ1) is 18.2. The minimum atomic E-state index is -0.300. The average molecular weight is 355 g/mol. The van der Waals surface area contributed by atoms with E-state index in [-0.39, 0.29) is 30.2 Å². The molecule has 2 aromatic rings. The SMILES string of the molecule is CN(C)[C@H](CNC(=O)[C@@H]1CC(=O)N(Cc2ccccc2)C1)c1ccco1. The molecule has 6 nitrogen and oxygen atoms in total. The summed E-state index contributed by atoms with van der Waals surface area (Å²) in [6, 6.07) is 13.5. The standard InChI is InChI=1S/C20H25N3O3/c1-22(2)17(18-9-6-10-26-18)12-21-20(25)16-11-19(24)23(14-16)13-15-7-4-3-5-8-15/h3-10,16-17H,11-14H2,1-2H3,(H,21,25)/t16-,17-/m1/s1. The summed E-state index contributed by atoms with van der Waals surface area (Å²) < 4.78 is 5.46. The molecule has 138 valence electrons. The van der Waals surface area contributed by atoms with Gasteiger partial charge in [-0.25, -0.2) is 0 Å². The van der Waals surface area contributed by atoms with Gasteiger partial charge in [0.15, 0.2) is 0 Å². The van der Waals surface area contributed by atoms with E-state index < -0.39 is 0 Å². The van der Waals surface area contributed by atoms with Gasteiger partial charge in [0, 0.05) is 26.1 Å². The van der Waals surface area contributed by atoms with E-state index in [1.54, 1.807) is 11.2 Å². The molecule has 0 unspecified atom stereocenters. The summed E-state index contributed by atoms with van der Waals surface area (Å²) in [5.41, 5.74) is 1.08. The minimum Gasteiger partial charge on any atom is -0.468 e. The van der Waals surface area contributed by atoms with Crippen LogP contribution in [0.4, 0.5) is 0 Å². The number of benzene rings is 1. The highest BCUT2D eigenvalue weighted by Crippen LogP contribution is 2.22. The number of hydrogen-bond acceptors (Lipinski definition) is 4. The van der Waals surface area contributed by atoms with Crippen LogP contribution in [0.15, 0.2) is 53.1 Å². The van der Waals surface area contributed by atoms with Crippen molar-refractivity contribution in [3.8, 4) is 0 Å². The second kappa shape index (κ2) is 8.19. The zero-order valence-electron chi connectivity index (χ0n) is 15.2. The molecule has 2 amide bonds. The van der Waals surface area contributed by atoms with Gasteiger partial charge in [-0.2, -0.15) is 0 Å².